The number of benzene rings is 1. The van der Waals surface area contributed by atoms with Crippen molar-refractivity contribution in [2.24, 2.45) is 11.8 Å². The summed E-state index contributed by atoms with van der Waals surface area (Å²) in [6.45, 7) is 7.16. The van der Waals surface area contributed by atoms with E-state index in [9.17, 15) is 14.4 Å². The predicted octanol–water partition coefficient (Wildman–Crippen LogP) is 4.75. The summed E-state index contributed by atoms with van der Waals surface area (Å²) in [5.41, 5.74) is 0. The van der Waals surface area contributed by atoms with Crippen LogP contribution in [0.2, 0.25) is 0 Å². The van der Waals surface area contributed by atoms with Gasteiger partial charge in [0.15, 0.2) is 5.82 Å². The van der Waals surface area contributed by atoms with E-state index in [-0.39, 0.29) is 29.6 Å². The number of piperazine rings is 1. The van der Waals surface area contributed by atoms with Crippen molar-refractivity contribution in [1.29, 1.82) is 0 Å². The lowest BCUT2D eigenvalue weighted by atomic mass is 9.81. The molecule has 210 valence electrons. The summed E-state index contributed by atoms with van der Waals surface area (Å²) in [5, 5.41) is 1.19. The molecule has 0 bridgehead atoms. The van der Waals surface area contributed by atoms with Gasteiger partial charge in [-0.25, -0.2) is 0 Å². The average Bonchev–Trinajstić information content (AvgIpc) is 3.50. The number of quaternary nitrogens is 1. The molecule has 5 rings (SSSR count). The minimum Gasteiger partial charge on any atom is -0.415 e. The highest BCUT2D eigenvalue weighted by molar-refractivity contribution is 7.13. The summed E-state index contributed by atoms with van der Waals surface area (Å²) in [4.78, 5) is 42.0. The molecule has 1 saturated carbocycles. The maximum atomic E-state index is 12.9. The van der Waals surface area contributed by atoms with Crippen LogP contribution in [0, 0.1) is 11.8 Å². The van der Waals surface area contributed by atoms with Gasteiger partial charge in [-0.05, 0) is 55.8 Å². The molecule has 2 amide bonds. The number of unbranched alkanes of at least 4 members (excludes halogenated alkanes) is 1. The second-order valence-corrected chi connectivity index (χ2v) is 12.1. The van der Waals surface area contributed by atoms with Gasteiger partial charge >= 0.3 is 5.97 Å². The number of ether oxygens (including phenoxy) is 1. The molecule has 3 fully saturated rings. The maximum Gasteiger partial charge on any atom is 0.313 e. The number of carbonyl (C=O) groups excluding carboxylic acids is 3. The molecule has 3 aliphatic rings. The van der Waals surface area contributed by atoms with Crippen LogP contribution >= 0.6 is 11.5 Å². The Balaban J connectivity index is 1.19. The molecule has 1 aromatic heterocycles. The Morgan fingerprint density at radius 1 is 1.08 bits per heavy atom. The fraction of sp³-hybridized carbons (Fsp3) is 0.600. The first-order valence-corrected chi connectivity index (χ1v) is 15.4. The van der Waals surface area contributed by atoms with Gasteiger partial charge in [0.05, 0.1) is 55.7 Å². The Kier molecular flexibility index (Phi) is 8.97. The van der Waals surface area contributed by atoms with Gasteiger partial charge in [0.1, 0.15) is 0 Å². The zero-order chi connectivity index (χ0) is 27.2. The third-order valence-electron chi connectivity index (χ3n) is 8.73. The molecule has 2 aromatic rings. The quantitative estimate of drug-likeness (QED) is 0.131. The number of anilines is 1. The van der Waals surface area contributed by atoms with Crippen molar-refractivity contribution in [1.82, 2.24) is 9.27 Å². The molecule has 8 nitrogen and oxygen atoms in total. The zero-order valence-electron chi connectivity index (χ0n) is 23.1. The van der Waals surface area contributed by atoms with E-state index in [0.717, 1.165) is 83.5 Å². The number of rotatable bonds is 11. The number of carbonyl (C=O) groups is 3. The van der Waals surface area contributed by atoms with Gasteiger partial charge in [0.25, 0.3) is 0 Å². The van der Waals surface area contributed by atoms with Gasteiger partial charge in [-0.3, -0.25) is 23.8 Å². The van der Waals surface area contributed by atoms with Crippen molar-refractivity contribution in [3.05, 3.63) is 36.4 Å². The number of amides is 2. The van der Waals surface area contributed by atoms with E-state index < -0.39 is 0 Å². The summed E-state index contributed by atoms with van der Waals surface area (Å²) >= 11 is 1.54. The molecule has 1 aromatic carbocycles. The SMILES string of the molecule is CC/C=C/CC(=O)OC[N+]1(CCCCN2C(=O)C3CCCCC3C2=O)CCN(c2nsc3ccccc23)CC1. The minimum atomic E-state index is -0.194. The summed E-state index contributed by atoms with van der Waals surface area (Å²) < 4.78 is 12.4. The first-order valence-electron chi connectivity index (χ1n) is 14.6. The minimum absolute atomic E-state index is 0.0479. The number of hydrogen-bond acceptors (Lipinski definition) is 7. The first-order chi connectivity index (χ1) is 19.0. The number of imide groups is 1. The third-order valence-corrected chi connectivity index (χ3v) is 9.55. The van der Waals surface area contributed by atoms with Crippen LogP contribution in [0.3, 0.4) is 0 Å². The molecule has 2 unspecified atom stereocenters. The monoisotopic (exact) mass is 553 g/mol. The average molecular weight is 554 g/mol. The largest absolute Gasteiger partial charge is 0.415 e. The number of esters is 1. The van der Waals surface area contributed by atoms with E-state index in [0.29, 0.717) is 24.2 Å². The van der Waals surface area contributed by atoms with Crippen LogP contribution in [0.5, 0.6) is 0 Å². The maximum absolute atomic E-state index is 12.9. The summed E-state index contributed by atoms with van der Waals surface area (Å²) in [7, 11) is 0. The lowest BCUT2D eigenvalue weighted by Gasteiger charge is -2.44. The molecule has 2 saturated heterocycles. The second-order valence-electron chi connectivity index (χ2n) is 11.3. The number of allylic oxidation sites excluding steroid dienone is 1. The molecular formula is C30H41N4O4S+. The molecule has 3 heterocycles. The van der Waals surface area contributed by atoms with E-state index >= 15 is 0 Å². The van der Waals surface area contributed by atoms with Gasteiger partial charge in [-0.1, -0.05) is 44.1 Å². The van der Waals surface area contributed by atoms with Gasteiger partial charge in [0.2, 0.25) is 18.5 Å². The lowest BCUT2D eigenvalue weighted by Crippen LogP contribution is -2.61. The number of fused-ring (bicyclic) bond motifs is 2. The van der Waals surface area contributed by atoms with E-state index in [1.54, 1.807) is 0 Å². The fourth-order valence-corrected chi connectivity index (χ4v) is 7.20. The molecule has 0 spiro atoms. The predicted molar refractivity (Wildman–Crippen MR) is 153 cm³/mol. The van der Waals surface area contributed by atoms with Crippen LogP contribution in [0.1, 0.15) is 58.3 Å². The Morgan fingerprint density at radius 2 is 1.79 bits per heavy atom. The van der Waals surface area contributed by atoms with Crippen LogP contribution in [-0.2, 0) is 19.1 Å². The Morgan fingerprint density at radius 3 is 2.51 bits per heavy atom. The van der Waals surface area contributed by atoms with Crippen molar-refractivity contribution in [3.8, 4) is 0 Å². The van der Waals surface area contributed by atoms with Gasteiger partial charge in [-0.2, -0.15) is 4.37 Å². The van der Waals surface area contributed by atoms with Gasteiger partial charge in [-0.15, -0.1) is 0 Å². The normalized spacial score (nSPS) is 23.1. The summed E-state index contributed by atoms with van der Waals surface area (Å²) in [6, 6.07) is 8.34. The van der Waals surface area contributed by atoms with Crippen LogP contribution < -0.4 is 4.90 Å². The second kappa shape index (κ2) is 12.6. The topological polar surface area (TPSA) is 79.8 Å². The Hall–Kier alpha value is -2.78. The van der Waals surface area contributed by atoms with Crippen molar-refractivity contribution in [2.75, 3.05) is 50.9 Å². The van der Waals surface area contributed by atoms with Gasteiger partial charge < -0.3 is 9.64 Å². The van der Waals surface area contributed by atoms with E-state index in [1.807, 2.05) is 25.1 Å². The molecule has 1 aliphatic carbocycles. The van der Waals surface area contributed by atoms with E-state index in [2.05, 4.69) is 23.1 Å². The van der Waals surface area contributed by atoms with E-state index in [4.69, 9.17) is 9.11 Å². The molecule has 9 heteroatoms. The Bertz CT molecular complexity index is 1180. The standard InChI is InChI=1S/C30H41N4O4S/c1-2-3-4-15-27(35)38-22-34(19-10-9-16-33-29(36)23-11-5-6-12-24(23)30(33)37)20-17-32(18-21-34)28-25-13-7-8-14-26(25)39-31-28/h3-4,7-8,13-14,23-24H,2,5-6,9-12,15-22H2,1H3/q+1/b4-3+. The van der Waals surface area contributed by atoms with Crippen LogP contribution in [0.25, 0.3) is 10.1 Å². The van der Waals surface area contributed by atoms with Crippen molar-refractivity contribution in [2.45, 2.75) is 58.3 Å². The number of nitrogens with zero attached hydrogens (tertiary/aromatic N) is 4. The molecule has 2 atom stereocenters. The van der Waals surface area contributed by atoms with E-state index in [1.165, 1.54) is 26.5 Å². The molecule has 39 heavy (non-hydrogen) atoms. The first kappa shape index (κ1) is 27.8. The van der Waals surface area contributed by atoms with Crippen LogP contribution in [-0.4, -0.2) is 77.5 Å². The van der Waals surface area contributed by atoms with Gasteiger partial charge in [0, 0.05) is 11.9 Å². The number of hydrogen-bond donors (Lipinski definition) is 0. The highest BCUT2D eigenvalue weighted by atomic mass is 32.1. The molecular weight excluding hydrogens is 512 g/mol. The molecule has 0 radical (unpaired) electrons. The smallest absolute Gasteiger partial charge is 0.313 e. The summed E-state index contributed by atoms with van der Waals surface area (Å²) in [6.07, 6.45) is 10.5. The third kappa shape index (κ3) is 6.19. The highest BCUT2D eigenvalue weighted by Gasteiger charge is 2.47. The van der Waals surface area contributed by atoms with Crippen molar-refractivity contribution >= 4 is 45.2 Å². The number of aromatic nitrogens is 1. The summed E-state index contributed by atoms with van der Waals surface area (Å²) in [5.74, 6) is 0.781. The molecule has 0 N–H and O–H groups in total. The highest BCUT2D eigenvalue weighted by Crippen LogP contribution is 2.38. The fourth-order valence-electron chi connectivity index (χ4n) is 6.40. The molecule has 2 aliphatic heterocycles. The van der Waals surface area contributed by atoms with Crippen molar-refractivity contribution < 1.29 is 23.6 Å². The van der Waals surface area contributed by atoms with Crippen molar-refractivity contribution in [3.63, 3.8) is 0 Å². The Labute approximate surface area is 235 Å². The zero-order valence-corrected chi connectivity index (χ0v) is 23.9. The van der Waals surface area contributed by atoms with Crippen LogP contribution in [0.15, 0.2) is 36.4 Å². The lowest BCUT2D eigenvalue weighted by molar-refractivity contribution is -0.944. The number of likely N-dealkylation sites (tertiary alicyclic amines) is 1. The van der Waals surface area contributed by atoms with Crippen LogP contribution in [0.4, 0.5) is 5.82 Å².